The number of benzene rings is 4. The summed E-state index contributed by atoms with van der Waals surface area (Å²) in [4.78, 5) is 0. The fourth-order valence-electron chi connectivity index (χ4n) is 6.71. The molecule has 0 saturated carbocycles. The monoisotopic (exact) mass is 604 g/mol. The van der Waals surface area contributed by atoms with Gasteiger partial charge >= 0.3 is 207 Å². The third-order valence-electron chi connectivity index (χ3n) is 8.59. The Hall–Kier alpha value is -1.96. The van der Waals surface area contributed by atoms with Crippen molar-refractivity contribution in [2.24, 2.45) is 0 Å². The van der Waals surface area contributed by atoms with Gasteiger partial charge in [-0.15, -0.1) is 24.8 Å². The van der Waals surface area contributed by atoms with Crippen molar-refractivity contribution in [2.45, 2.75) is 26.7 Å². The molecular formula is C32H32Cl2SiZr. The molecule has 4 aromatic rings. The van der Waals surface area contributed by atoms with Gasteiger partial charge in [-0.25, -0.2) is 0 Å². The first-order valence-electron chi connectivity index (χ1n) is 12.3. The van der Waals surface area contributed by atoms with E-state index in [9.17, 15) is 0 Å². The minimum atomic E-state index is -4.27. The Balaban J connectivity index is 0.00000152. The summed E-state index contributed by atoms with van der Waals surface area (Å²) >= 11 is -4.27. The summed E-state index contributed by atoms with van der Waals surface area (Å²) < 4.78 is 6.44. The average Bonchev–Trinajstić information content (AvgIpc) is 3.44. The van der Waals surface area contributed by atoms with E-state index in [1.54, 1.807) is 18.7 Å². The molecular weight excluding hydrogens is 575 g/mol. The third-order valence-corrected chi connectivity index (χ3v) is 34.9. The van der Waals surface area contributed by atoms with Crippen LogP contribution in [0.15, 0.2) is 124 Å². The van der Waals surface area contributed by atoms with Crippen LogP contribution < -0.4 is 9.81 Å². The van der Waals surface area contributed by atoms with Crippen molar-refractivity contribution in [2.75, 3.05) is 0 Å². The molecule has 0 atom stereocenters. The minimum Gasteiger partial charge on any atom is -0.147 e. The molecule has 0 saturated heterocycles. The summed E-state index contributed by atoms with van der Waals surface area (Å²) in [6, 6.07) is 39.3. The normalized spacial score (nSPS) is 14.4. The maximum Gasteiger partial charge on any atom is -0.147 e. The molecule has 0 amide bonds. The molecule has 182 valence electrons. The van der Waals surface area contributed by atoms with Crippen LogP contribution in [-0.2, 0) is 23.8 Å². The van der Waals surface area contributed by atoms with Crippen molar-refractivity contribution in [3.05, 3.63) is 135 Å². The molecule has 0 unspecified atom stereocenters. The SMILES string of the molecule is CC1=CC[C]([Zr](=[SiH2])([c]2ccccc2)([c]2ccccc2)[c]2cccc3c2Cc2ccccc2-3)=C1C.Cl.Cl. The first kappa shape index (κ1) is 27.1. The van der Waals surface area contributed by atoms with Crippen molar-refractivity contribution in [3.8, 4) is 11.1 Å². The molecule has 2 aliphatic carbocycles. The molecule has 4 aromatic carbocycles. The van der Waals surface area contributed by atoms with E-state index < -0.39 is 17.4 Å². The van der Waals surface area contributed by atoms with Crippen molar-refractivity contribution in [1.82, 2.24) is 0 Å². The van der Waals surface area contributed by atoms with Gasteiger partial charge in [0.25, 0.3) is 0 Å². The van der Waals surface area contributed by atoms with Crippen LogP contribution in [0.1, 0.15) is 31.4 Å². The summed E-state index contributed by atoms with van der Waals surface area (Å²) in [6.45, 7) is 7.06. The summed E-state index contributed by atoms with van der Waals surface area (Å²) in [5.74, 6) is 0. The molecule has 0 spiro atoms. The number of allylic oxidation sites excluding steroid dienone is 4. The molecule has 36 heavy (non-hydrogen) atoms. The van der Waals surface area contributed by atoms with Crippen LogP contribution in [0.4, 0.5) is 0 Å². The smallest absolute Gasteiger partial charge is 0.147 e. The van der Waals surface area contributed by atoms with Crippen LogP contribution in [0.5, 0.6) is 0 Å². The predicted molar refractivity (Wildman–Crippen MR) is 161 cm³/mol. The summed E-state index contributed by atoms with van der Waals surface area (Å²) in [7, 11) is 0. The summed E-state index contributed by atoms with van der Waals surface area (Å²) in [6.07, 6.45) is 4.56. The van der Waals surface area contributed by atoms with Crippen LogP contribution in [0.2, 0.25) is 0 Å². The zero-order chi connectivity index (χ0) is 23.4. The van der Waals surface area contributed by atoms with Crippen LogP contribution in [0.25, 0.3) is 11.1 Å². The van der Waals surface area contributed by atoms with E-state index in [1.165, 1.54) is 27.8 Å². The van der Waals surface area contributed by atoms with Crippen molar-refractivity contribution in [3.63, 3.8) is 0 Å². The third kappa shape index (κ3) is 3.64. The molecule has 0 nitrogen and oxygen atoms in total. The van der Waals surface area contributed by atoms with Gasteiger partial charge in [-0.2, -0.15) is 0 Å². The molecule has 0 radical (unpaired) electrons. The van der Waals surface area contributed by atoms with E-state index in [-0.39, 0.29) is 24.8 Å². The number of fused-ring (bicyclic) bond motifs is 3. The van der Waals surface area contributed by atoms with Crippen LogP contribution in [0, 0.1) is 0 Å². The Morgan fingerprint density at radius 1 is 0.639 bits per heavy atom. The van der Waals surface area contributed by atoms with Crippen LogP contribution in [-0.4, -0.2) is 6.88 Å². The van der Waals surface area contributed by atoms with Crippen LogP contribution in [0.3, 0.4) is 0 Å². The standard InChI is InChI=1S/C13H9.C7H9.2C6H5.2ClH.H2Si.Zr/c1-3-7-12-10(5-1)9-11-6-2-4-8-13(11)12;1-6-4-3-5-7(6)2;2*1-2-4-6-5-3-1;;;;/h1-5,7-8H,9H2;4H,3H2,1-2H3;2*1-5H;2*1H;1H2;. The Labute approximate surface area is 229 Å². The molecule has 4 heteroatoms. The van der Waals surface area contributed by atoms with Crippen LogP contribution >= 0.6 is 24.8 Å². The molecule has 0 aliphatic heterocycles. The Kier molecular flexibility index (Phi) is 7.58. The van der Waals surface area contributed by atoms with E-state index in [1.807, 2.05) is 0 Å². The molecule has 0 heterocycles. The number of halogens is 2. The van der Waals surface area contributed by atoms with Gasteiger partial charge in [-0.05, 0) is 0 Å². The van der Waals surface area contributed by atoms with E-state index >= 15 is 0 Å². The largest absolute Gasteiger partial charge is 0.147 e. The Morgan fingerprint density at radius 3 is 1.78 bits per heavy atom. The van der Waals surface area contributed by atoms with Gasteiger partial charge in [0, 0.05) is 0 Å². The van der Waals surface area contributed by atoms with Gasteiger partial charge < -0.3 is 0 Å². The zero-order valence-electron chi connectivity index (χ0n) is 20.8. The second-order valence-electron chi connectivity index (χ2n) is 10.0. The maximum atomic E-state index is 2.50. The molecule has 2 aliphatic rings. The van der Waals surface area contributed by atoms with Gasteiger partial charge in [-0.3, -0.25) is 0 Å². The zero-order valence-corrected chi connectivity index (χ0v) is 26.3. The number of rotatable bonds is 4. The number of hydrogen-bond acceptors (Lipinski definition) is 0. The van der Waals surface area contributed by atoms with Crippen molar-refractivity contribution >= 4 is 41.5 Å². The van der Waals surface area contributed by atoms with Crippen molar-refractivity contribution in [1.29, 1.82) is 0 Å². The summed E-state index contributed by atoms with van der Waals surface area (Å²) in [5, 5.41) is 0. The molecule has 6 rings (SSSR count). The first-order valence-corrected chi connectivity index (χ1v) is 23.1. The van der Waals surface area contributed by atoms with Crippen molar-refractivity contribution < 1.29 is 17.4 Å². The minimum absolute atomic E-state index is 0. The number of hydrogen-bond donors (Lipinski definition) is 0. The molecule has 0 bridgehead atoms. The molecule has 0 aromatic heterocycles. The molecule has 0 N–H and O–H groups in total. The maximum absolute atomic E-state index is 4.27. The Morgan fingerprint density at radius 2 is 1.19 bits per heavy atom. The van der Waals surface area contributed by atoms with Gasteiger partial charge in [0.05, 0.1) is 0 Å². The van der Waals surface area contributed by atoms with E-state index in [0.717, 1.165) is 12.8 Å². The topological polar surface area (TPSA) is 0 Å². The second-order valence-corrected chi connectivity index (χ2v) is 31.2. The fourth-order valence-corrected chi connectivity index (χ4v) is 30.5. The van der Waals surface area contributed by atoms with Gasteiger partial charge in [-0.1, -0.05) is 0 Å². The Bertz CT molecular complexity index is 1520. The quantitative estimate of drug-likeness (QED) is 0.213. The van der Waals surface area contributed by atoms with Gasteiger partial charge in [0.2, 0.25) is 0 Å². The predicted octanol–water partition coefficient (Wildman–Crippen LogP) is 6.24. The van der Waals surface area contributed by atoms with E-state index in [4.69, 9.17) is 0 Å². The average molecular weight is 607 g/mol. The van der Waals surface area contributed by atoms with Gasteiger partial charge in [0.1, 0.15) is 0 Å². The fraction of sp³-hybridized carbons (Fsp3) is 0.125. The van der Waals surface area contributed by atoms with E-state index in [0.29, 0.717) is 0 Å². The second kappa shape index (κ2) is 10.1. The summed E-state index contributed by atoms with van der Waals surface area (Å²) in [5.41, 5.74) is 8.84. The van der Waals surface area contributed by atoms with Gasteiger partial charge in [0.15, 0.2) is 0 Å². The van der Waals surface area contributed by atoms with E-state index in [2.05, 4.69) is 130 Å². The molecule has 0 fully saturated rings. The first-order chi connectivity index (χ1) is 16.5.